The molecule has 1 rings (SSSR count). The van der Waals surface area contributed by atoms with E-state index < -0.39 is 27.8 Å². The van der Waals surface area contributed by atoms with Gasteiger partial charge in [0.15, 0.2) is 0 Å². The van der Waals surface area contributed by atoms with Crippen LogP contribution >= 0.6 is 0 Å². The van der Waals surface area contributed by atoms with E-state index in [0.717, 1.165) is 12.8 Å². The SMILES string of the molecule is O=C(O)CS(=O)C1CCCCNC1=O. The van der Waals surface area contributed by atoms with Crippen LogP contribution in [0.2, 0.25) is 0 Å². The Morgan fingerprint density at radius 2 is 2.29 bits per heavy atom. The minimum Gasteiger partial charge on any atom is -0.481 e. The molecule has 0 aromatic rings. The molecule has 2 N–H and O–H groups in total. The molecule has 1 saturated heterocycles. The number of hydrogen-bond donors (Lipinski definition) is 2. The first kappa shape index (κ1) is 11.2. The van der Waals surface area contributed by atoms with E-state index in [-0.39, 0.29) is 5.91 Å². The molecule has 0 aromatic heterocycles. The fraction of sp³-hybridized carbons (Fsp3) is 0.750. The number of amides is 1. The van der Waals surface area contributed by atoms with Crippen molar-refractivity contribution in [2.75, 3.05) is 12.3 Å². The first-order valence-electron chi connectivity index (χ1n) is 4.48. The topological polar surface area (TPSA) is 83.5 Å². The zero-order valence-corrected chi connectivity index (χ0v) is 8.51. The van der Waals surface area contributed by atoms with Crippen molar-refractivity contribution in [1.29, 1.82) is 0 Å². The summed E-state index contributed by atoms with van der Waals surface area (Å²) in [5, 5.41) is 10.4. The maximum Gasteiger partial charge on any atom is 0.316 e. The van der Waals surface area contributed by atoms with Crippen LogP contribution in [0.1, 0.15) is 19.3 Å². The van der Waals surface area contributed by atoms with Crippen LogP contribution < -0.4 is 5.32 Å². The summed E-state index contributed by atoms with van der Waals surface area (Å²) >= 11 is 0. The molecule has 1 aliphatic rings. The molecule has 0 radical (unpaired) electrons. The molecule has 1 fully saturated rings. The Kier molecular flexibility index (Phi) is 4.06. The normalized spacial score (nSPS) is 24.9. The van der Waals surface area contributed by atoms with Crippen LogP contribution in [0.15, 0.2) is 0 Å². The van der Waals surface area contributed by atoms with E-state index in [1.807, 2.05) is 0 Å². The van der Waals surface area contributed by atoms with Crippen molar-refractivity contribution in [2.24, 2.45) is 0 Å². The highest BCUT2D eigenvalue weighted by molar-refractivity contribution is 7.87. The van der Waals surface area contributed by atoms with Crippen LogP contribution in [0.3, 0.4) is 0 Å². The van der Waals surface area contributed by atoms with Crippen molar-refractivity contribution >= 4 is 22.7 Å². The predicted molar refractivity (Wildman–Crippen MR) is 51.3 cm³/mol. The van der Waals surface area contributed by atoms with Crippen molar-refractivity contribution in [1.82, 2.24) is 5.32 Å². The van der Waals surface area contributed by atoms with E-state index in [9.17, 15) is 13.8 Å². The van der Waals surface area contributed by atoms with Gasteiger partial charge in [-0.2, -0.15) is 0 Å². The lowest BCUT2D eigenvalue weighted by Crippen LogP contribution is -2.37. The third kappa shape index (κ3) is 3.10. The van der Waals surface area contributed by atoms with Gasteiger partial charge in [0.05, 0.1) is 0 Å². The summed E-state index contributed by atoms with van der Waals surface area (Å²) in [6.45, 7) is 0.597. The summed E-state index contributed by atoms with van der Waals surface area (Å²) < 4.78 is 11.4. The third-order valence-electron chi connectivity index (χ3n) is 2.07. The molecule has 1 amide bonds. The second kappa shape index (κ2) is 5.09. The molecule has 2 atom stereocenters. The Bertz CT molecular complexity index is 266. The van der Waals surface area contributed by atoms with Gasteiger partial charge in [0.1, 0.15) is 11.0 Å². The minimum atomic E-state index is -1.59. The van der Waals surface area contributed by atoms with E-state index in [0.29, 0.717) is 13.0 Å². The largest absolute Gasteiger partial charge is 0.481 e. The zero-order chi connectivity index (χ0) is 10.6. The lowest BCUT2D eigenvalue weighted by atomic mass is 10.2. The summed E-state index contributed by atoms with van der Waals surface area (Å²) in [4.78, 5) is 21.7. The number of carboxylic acid groups (broad SMARTS) is 1. The fourth-order valence-electron chi connectivity index (χ4n) is 1.38. The van der Waals surface area contributed by atoms with Crippen LogP contribution in [0.5, 0.6) is 0 Å². The van der Waals surface area contributed by atoms with Crippen molar-refractivity contribution in [3.63, 3.8) is 0 Å². The highest BCUT2D eigenvalue weighted by Crippen LogP contribution is 2.11. The van der Waals surface area contributed by atoms with Crippen molar-refractivity contribution in [3.05, 3.63) is 0 Å². The molecule has 2 unspecified atom stereocenters. The molecular weight excluding hydrogens is 206 g/mol. The van der Waals surface area contributed by atoms with E-state index in [4.69, 9.17) is 5.11 Å². The number of rotatable bonds is 3. The summed E-state index contributed by atoms with van der Waals surface area (Å²) in [6.07, 6.45) is 2.20. The monoisotopic (exact) mass is 219 g/mol. The van der Waals surface area contributed by atoms with Crippen LogP contribution in [-0.4, -0.2) is 38.7 Å². The van der Waals surface area contributed by atoms with E-state index in [1.165, 1.54) is 0 Å². The molecule has 0 bridgehead atoms. The quantitative estimate of drug-likeness (QED) is 0.669. The lowest BCUT2D eigenvalue weighted by Gasteiger charge is -2.10. The third-order valence-corrected chi connectivity index (χ3v) is 3.68. The number of carbonyl (C=O) groups excluding carboxylic acids is 1. The number of nitrogens with one attached hydrogen (secondary N) is 1. The Hall–Kier alpha value is -0.910. The van der Waals surface area contributed by atoms with Gasteiger partial charge in [-0.1, -0.05) is 0 Å². The van der Waals surface area contributed by atoms with Crippen LogP contribution in [0.25, 0.3) is 0 Å². The average Bonchev–Trinajstić information content (AvgIpc) is 2.28. The summed E-state index contributed by atoms with van der Waals surface area (Å²) in [6, 6.07) is 0. The molecule has 0 aliphatic carbocycles. The summed E-state index contributed by atoms with van der Waals surface area (Å²) in [5.41, 5.74) is 0. The highest BCUT2D eigenvalue weighted by Gasteiger charge is 2.27. The van der Waals surface area contributed by atoms with Gasteiger partial charge in [-0.15, -0.1) is 0 Å². The second-order valence-electron chi connectivity index (χ2n) is 3.19. The lowest BCUT2D eigenvalue weighted by molar-refractivity contribution is -0.133. The first-order valence-corrected chi connectivity index (χ1v) is 5.86. The predicted octanol–water partition coefficient (Wildman–Crippen LogP) is -0.512. The number of aliphatic carboxylic acids is 1. The maximum absolute atomic E-state index is 11.4. The minimum absolute atomic E-state index is 0.276. The van der Waals surface area contributed by atoms with Gasteiger partial charge >= 0.3 is 5.97 Å². The average molecular weight is 219 g/mol. The van der Waals surface area contributed by atoms with Crippen LogP contribution in [0, 0.1) is 0 Å². The van der Waals surface area contributed by atoms with Crippen molar-refractivity contribution in [2.45, 2.75) is 24.5 Å². The molecule has 80 valence electrons. The molecule has 0 spiro atoms. The maximum atomic E-state index is 11.4. The van der Waals surface area contributed by atoms with E-state index in [1.54, 1.807) is 0 Å². The van der Waals surface area contributed by atoms with Gasteiger partial charge in [0.2, 0.25) is 5.91 Å². The van der Waals surface area contributed by atoms with Gasteiger partial charge in [0, 0.05) is 17.3 Å². The summed E-state index contributed by atoms with van der Waals surface area (Å²) in [7, 11) is -1.59. The Balaban J connectivity index is 2.59. The Labute approximate surface area is 84.3 Å². The van der Waals surface area contributed by atoms with Gasteiger partial charge in [-0.3, -0.25) is 13.8 Å². The van der Waals surface area contributed by atoms with E-state index >= 15 is 0 Å². The number of hydrogen-bond acceptors (Lipinski definition) is 3. The Morgan fingerprint density at radius 3 is 2.93 bits per heavy atom. The molecule has 0 aromatic carbocycles. The first-order chi connectivity index (χ1) is 6.61. The van der Waals surface area contributed by atoms with Crippen LogP contribution in [-0.2, 0) is 20.4 Å². The number of carboxylic acids is 1. The van der Waals surface area contributed by atoms with Gasteiger partial charge in [0.25, 0.3) is 0 Å². The van der Waals surface area contributed by atoms with Gasteiger partial charge in [-0.05, 0) is 19.3 Å². The zero-order valence-electron chi connectivity index (χ0n) is 7.69. The number of carbonyl (C=O) groups is 2. The molecule has 6 heteroatoms. The molecule has 1 aliphatic heterocycles. The molecule has 1 heterocycles. The fourth-order valence-corrected chi connectivity index (χ4v) is 2.58. The molecular formula is C8H13NO4S. The van der Waals surface area contributed by atoms with Gasteiger partial charge in [-0.25, -0.2) is 0 Å². The van der Waals surface area contributed by atoms with Crippen molar-refractivity contribution < 1.29 is 18.9 Å². The van der Waals surface area contributed by atoms with E-state index in [2.05, 4.69) is 5.32 Å². The molecule has 5 nitrogen and oxygen atoms in total. The molecule has 14 heavy (non-hydrogen) atoms. The van der Waals surface area contributed by atoms with Crippen molar-refractivity contribution in [3.8, 4) is 0 Å². The van der Waals surface area contributed by atoms with Crippen LogP contribution in [0.4, 0.5) is 0 Å². The summed E-state index contributed by atoms with van der Waals surface area (Å²) in [5.74, 6) is -1.85. The van der Waals surface area contributed by atoms with Gasteiger partial charge < -0.3 is 10.4 Å². The Morgan fingerprint density at radius 1 is 1.57 bits per heavy atom. The second-order valence-corrected chi connectivity index (χ2v) is 4.81. The molecule has 0 saturated carbocycles. The standard InChI is InChI=1S/C8H13NO4S/c10-7(11)5-14(13)6-3-1-2-4-9-8(6)12/h6H,1-5H2,(H,9,12)(H,10,11). The highest BCUT2D eigenvalue weighted by atomic mass is 32.2. The smallest absolute Gasteiger partial charge is 0.316 e.